The third kappa shape index (κ3) is 18.0. The summed E-state index contributed by atoms with van der Waals surface area (Å²) >= 11 is 0. The van der Waals surface area contributed by atoms with E-state index in [9.17, 15) is 4.79 Å². The lowest BCUT2D eigenvalue weighted by molar-refractivity contribution is -0.145. The van der Waals surface area contributed by atoms with Gasteiger partial charge in [-0.25, -0.2) is 4.79 Å². The third-order valence-electron chi connectivity index (χ3n) is 5.86. The van der Waals surface area contributed by atoms with Crippen LogP contribution in [-0.2, 0) is 9.53 Å². The summed E-state index contributed by atoms with van der Waals surface area (Å²) < 4.78 is 5.42. The highest BCUT2D eigenvalue weighted by atomic mass is 35.5. The van der Waals surface area contributed by atoms with Crippen molar-refractivity contribution in [1.82, 2.24) is 0 Å². The van der Waals surface area contributed by atoms with Crippen LogP contribution in [0.2, 0.25) is 0 Å². The number of halogens is 1. The van der Waals surface area contributed by atoms with E-state index in [0.29, 0.717) is 0 Å². The predicted octanol–water partition coefficient (Wildman–Crippen LogP) is 7.75. The molecule has 0 rings (SSSR count). The first-order valence-electron chi connectivity index (χ1n) is 11.9. The van der Waals surface area contributed by atoms with Gasteiger partial charge in [0.2, 0.25) is 0 Å². The summed E-state index contributed by atoms with van der Waals surface area (Å²) in [6.07, 6.45) is 21.1. The molecule has 0 heterocycles. The number of unbranched alkanes of at least 4 members (excludes halogenated alkanes) is 13. The molecule has 0 aliphatic heterocycles. The first-order valence-corrected chi connectivity index (χ1v) is 11.9. The summed E-state index contributed by atoms with van der Waals surface area (Å²) in [6.45, 7) is 11.8. The van der Waals surface area contributed by atoms with Crippen molar-refractivity contribution in [2.45, 2.75) is 136 Å². The van der Waals surface area contributed by atoms with Crippen LogP contribution < -0.4 is 5.73 Å². The molecule has 2 N–H and O–H groups in total. The first-order chi connectivity index (χ1) is 13.3. The van der Waals surface area contributed by atoms with Crippen LogP contribution >= 0.6 is 12.4 Å². The molecule has 0 radical (unpaired) electrons. The van der Waals surface area contributed by atoms with Gasteiger partial charge in [0.25, 0.3) is 0 Å². The van der Waals surface area contributed by atoms with Crippen molar-refractivity contribution in [2.24, 2.45) is 11.7 Å². The van der Waals surface area contributed by atoms with Crippen molar-refractivity contribution in [3.05, 3.63) is 12.7 Å². The summed E-state index contributed by atoms with van der Waals surface area (Å²) in [5.74, 6) is -0.184. The Hall–Kier alpha value is -0.540. The Balaban J connectivity index is 0. The monoisotopic (exact) mass is 431 g/mol. The zero-order valence-corrected chi connectivity index (χ0v) is 20.7. The Kier molecular flexibility index (Phi) is 20.5. The summed E-state index contributed by atoms with van der Waals surface area (Å²) in [5, 5.41) is 0. The van der Waals surface area contributed by atoms with Gasteiger partial charge >= 0.3 is 5.97 Å². The van der Waals surface area contributed by atoms with E-state index in [-0.39, 0.29) is 35.9 Å². The number of hydrogen-bond acceptors (Lipinski definition) is 3. The van der Waals surface area contributed by atoms with E-state index in [2.05, 4.69) is 13.5 Å². The fraction of sp³-hybridized carbons (Fsp3) is 0.880. The number of nitrogens with two attached hydrogens (primary N) is 1. The molecule has 0 aromatic heterocycles. The smallest absolute Gasteiger partial charge is 0.330 e. The molecule has 0 amide bonds. The summed E-state index contributed by atoms with van der Waals surface area (Å²) in [4.78, 5) is 11.5. The van der Waals surface area contributed by atoms with Crippen LogP contribution in [-0.4, -0.2) is 17.6 Å². The van der Waals surface area contributed by atoms with Crippen LogP contribution in [0.25, 0.3) is 0 Å². The van der Waals surface area contributed by atoms with E-state index < -0.39 is 0 Å². The molecular weight excluding hydrogens is 382 g/mol. The summed E-state index contributed by atoms with van der Waals surface area (Å²) in [7, 11) is 0. The van der Waals surface area contributed by atoms with E-state index in [1.54, 1.807) is 0 Å². The van der Waals surface area contributed by atoms with Crippen molar-refractivity contribution in [3.8, 4) is 0 Å². The average molecular weight is 432 g/mol. The molecule has 4 heteroatoms. The van der Waals surface area contributed by atoms with Gasteiger partial charge in [0.1, 0.15) is 6.10 Å². The van der Waals surface area contributed by atoms with Crippen LogP contribution in [0.4, 0.5) is 0 Å². The molecule has 3 nitrogen and oxygen atoms in total. The van der Waals surface area contributed by atoms with Gasteiger partial charge in [-0.2, -0.15) is 0 Å². The standard InChI is InChI=1S/C25H49NO2.ClH/c1-6-8-9-10-11-12-13-14-15-16-17-18-19-20-21-23(25(4,5)26)22(3)28-24(27)7-2;/h7,22-23H,2,6,8-21,26H2,1,3-5H3;1H. The van der Waals surface area contributed by atoms with Gasteiger partial charge in [-0.15, -0.1) is 12.4 Å². The van der Waals surface area contributed by atoms with Crippen molar-refractivity contribution >= 4 is 18.4 Å². The number of ether oxygens (including phenoxy) is 1. The highest BCUT2D eigenvalue weighted by Gasteiger charge is 2.31. The van der Waals surface area contributed by atoms with Crippen LogP contribution in [0.15, 0.2) is 12.7 Å². The quantitative estimate of drug-likeness (QED) is 0.129. The SMILES string of the molecule is C=CC(=O)OC(C)C(CCCCCCCCCCCCCCCC)C(C)(C)N.Cl. The minimum atomic E-state index is -0.359. The number of carbonyl (C=O) groups is 1. The lowest BCUT2D eigenvalue weighted by Crippen LogP contribution is -2.47. The van der Waals surface area contributed by atoms with Gasteiger partial charge in [0.05, 0.1) is 0 Å². The number of hydrogen-bond donors (Lipinski definition) is 1. The third-order valence-corrected chi connectivity index (χ3v) is 5.86. The molecule has 0 bridgehead atoms. The Bertz CT molecular complexity index is 393. The van der Waals surface area contributed by atoms with Crippen LogP contribution in [0, 0.1) is 5.92 Å². The Morgan fingerprint density at radius 3 is 1.62 bits per heavy atom. The van der Waals surface area contributed by atoms with Crippen molar-refractivity contribution < 1.29 is 9.53 Å². The van der Waals surface area contributed by atoms with E-state index in [1.807, 2.05) is 20.8 Å². The molecule has 0 fully saturated rings. The minimum Gasteiger partial charge on any atom is -0.459 e. The second kappa shape index (κ2) is 19.4. The molecule has 174 valence electrons. The fourth-order valence-corrected chi connectivity index (χ4v) is 4.08. The van der Waals surface area contributed by atoms with E-state index in [4.69, 9.17) is 10.5 Å². The zero-order valence-electron chi connectivity index (χ0n) is 19.8. The van der Waals surface area contributed by atoms with Crippen molar-refractivity contribution in [3.63, 3.8) is 0 Å². The Labute approximate surface area is 188 Å². The lowest BCUT2D eigenvalue weighted by atomic mass is 9.80. The second-order valence-electron chi connectivity index (χ2n) is 9.16. The molecule has 0 aliphatic carbocycles. The average Bonchev–Trinajstić information content (AvgIpc) is 2.63. The van der Waals surface area contributed by atoms with E-state index in [1.165, 1.54) is 89.5 Å². The Morgan fingerprint density at radius 2 is 1.28 bits per heavy atom. The molecule has 0 saturated carbocycles. The largest absolute Gasteiger partial charge is 0.459 e. The van der Waals surface area contributed by atoms with E-state index >= 15 is 0 Å². The van der Waals surface area contributed by atoms with Crippen LogP contribution in [0.1, 0.15) is 124 Å². The molecule has 0 saturated heterocycles. The number of esters is 1. The van der Waals surface area contributed by atoms with Gasteiger partial charge in [-0.1, -0.05) is 103 Å². The molecule has 0 aliphatic rings. The van der Waals surface area contributed by atoms with Crippen LogP contribution in [0.3, 0.4) is 0 Å². The highest BCUT2D eigenvalue weighted by Crippen LogP contribution is 2.26. The van der Waals surface area contributed by atoms with Gasteiger partial charge in [0.15, 0.2) is 0 Å². The van der Waals surface area contributed by atoms with Gasteiger partial charge < -0.3 is 10.5 Å². The van der Waals surface area contributed by atoms with Gasteiger partial charge in [0, 0.05) is 17.5 Å². The zero-order chi connectivity index (χ0) is 21.3. The predicted molar refractivity (Wildman–Crippen MR) is 130 cm³/mol. The second-order valence-corrected chi connectivity index (χ2v) is 9.16. The van der Waals surface area contributed by atoms with Crippen molar-refractivity contribution in [1.29, 1.82) is 0 Å². The van der Waals surface area contributed by atoms with Crippen molar-refractivity contribution in [2.75, 3.05) is 0 Å². The van der Waals surface area contributed by atoms with E-state index in [0.717, 1.165) is 12.8 Å². The summed E-state index contributed by atoms with van der Waals surface area (Å²) in [6, 6.07) is 0. The topological polar surface area (TPSA) is 52.3 Å². The highest BCUT2D eigenvalue weighted by molar-refractivity contribution is 5.85. The first kappa shape index (κ1) is 30.7. The maximum atomic E-state index is 11.5. The minimum absolute atomic E-state index is 0. The molecule has 2 atom stereocenters. The molecule has 0 aromatic rings. The number of rotatable bonds is 19. The van der Waals surface area contributed by atoms with Gasteiger partial charge in [-0.3, -0.25) is 0 Å². The Morgan fingerprint density at radius 1 is 0.897 bits per heavy atom. The summed E-state index contributed by atoms with van der Waals surface area (Å²) in [5.41, 5.74) is 5.99. The van der Waals surface area contributed by atoms with Crippen LogP contribution in [0.5, 0.6) is 0 Å². The normalized spacial score (nSPS) is 13.4. The molecule has 0 aromatic carbocycles. The molecular formula is C25H50ClNO2. The molecule has 2 unspecified atom stereocenters. The number of carbonyl (C=O) groups excluding carboxylic acids is 1. The van der Waals surface area contributed by atoms with Gasteiger partial charge in [-0.05, 0) is 27.2 Å². The maximum Gasteiger partial charge on any atom is 0.330 e. The molecule has 0 spiro atoms. The molecule has 29 heavy (non-hydrogen) atoms. The maximum absolute atomic E-state index is 11.5. The lowest BCUT2D eigenvalue weighted by Gasteiger charge is -2.34. The fourth-order valence-electron chi connectivity index (χ4n) is 4.08.